The molecular formula is C24H23N3O4S. The first-order chi connectivity index (χ1) is 15.4. The number of fused-ring (bicyclic) bond motifs is 2. The van der Waals surface area contributed by atoms with Crippen LogP contribution in [0.15, 0.2) is 45.6 Å². The first kappa shape index (κ1) is 20.5. The second kappa shape index (κ2) is 7.94. The van der Waals surface area contributed by atoms with Gasteiger partial charge in [0.1, 0.15) is 17.2 Å². The first-order valence-corrected chi connectivity index (χ1v) is 11.3. The highest BCUT2D eigenvalue weighted by Crippen LogP contribution is 2.31. The third-order valence-electron chi connectivity index (χ3n) is 6.12. The lowest BCUT2D eigenvalue weighted by molar-refractivity contribution is -0.130. The maximum atomic E-state index is 13.0. The average Bonchev–Trinajstić information content (AvgIpc) is 3.20. The van der Waals surface area contributed by atoms with Crippen molar-refractivity contribution in [2.45, 2.75) is 20.3 Å². The molecule has 2 aromatic heterocycles. The number of amides is 1. The molecule has 1 aliphatic heterocycles. The van der Waals surface area contributed by atoms with E-state index in [1.165, 1.54) is 11.5 Å². The van der Waals surface area contributed by atoms with Crippen molar-refractivity contribution in [3.05, 3.63) is 63.5 Å². The summed E-state index contributed by atoms with van der Waals surface area (Å²) in [6, 6.07) is 11.5. The van der Waals surface area contributed by atoms with E-state index >= 15 is 0 Å². The third-order valence-corrected chi connectivity index (χ3v) is 6.94. The van der Waals surface area contributed by atoms with E-state index in [9.17, 15) is 14.7 Å². The fraction of sp³-hybridized carbons (Fsp3) is 0.292. The Hall–Kier alpha value is -3.39. The number of piperazine rings is 1. The molecule has 1 N–H and O–H groups in total. The number of hydrogen-bond donors (Lipinski definition) is 1. The van der Waals surface area contributed by atoms with Gasteiger partial charge in [0.15, 0.2) is 0 Å². The molecule has 0 radical (unpaired) electrons. The van der Waals surface area contributed by atoms with Crippen LogP contribution in [-0.2, 0) is 11.2 Å². The van der Waals surface area contributed by atoms with Crippen LogP contribution in [0.25, 0.3) is 21.1 Å². The van der Waals surface area contributed by atoms with Gasteiger partial charge in [-0.2, -0.15) is 4.37 Å². The standard InChI is InChI=1S/C24H23N3O4S/c1-14-11-18(28)22-15(2)17(24(30)31-19(22)12-14)13-21(29)26-7-9-27(10-8-26)23-16-5-3-4-6-20(16)32-25-23/h3-6,11-12,28H,7-10,13H2,1-2H3. The van der Waals surface area contributed by atoms with Crippen LogP contribution in [0.3, 0.4) is 0 Å². The summed E-state index contributed by atoms with van der Waals surface area (Å²) in [5.74, 6) is 0.905. The molecule has 1 saturated heterocycles. The number of carbonyl (C=O) groups is 1. The van der Waals surface area contributed by atoms with Gasteiger partial charge in [-0.15, -0.1) is 0 Å². The maximum absolute atomic E-state index is 13.0. The monoisotopic (exact) mass is 449 g/mol. The predicted octanol–water partition coefficient (Wildman–Crippen LogP) is 3.62. The summed E-state index contributed by atoms with van der Waals surface area (Å²) in [5, 5.41) is 12.0. The van der Waals surface area contributed by atoms with Crippen LogP contribution in [0, 0.1) is 13.8 Å². The predicted molar refractivity (Wildman–Crippen MR) is 126 cm³/mol. The summed E-state index contributed by atoms with van der Waals surface area (Å²) in [4.78, 5) is 29.6. The minimum Gasteiger partial charge on any atom is -0.507 e. The smallest absolute Gasteiger partial charge is 0.340 e. The Morgan fingerprint density at radius 1 is 1.16 bits per heavy atom. The molecule has 0 atom stereocenters. The summed E-state index contributed by atoms with van der Waals surface area (Å²) in [5.41, 5.74) is 1.50. The van der Waals surface area contributed by atoms with E-state index < -0.39 is 5.63 Å². The minimum atomic E-state index is -0.527. The molecule has 0 aliphatic carbocycles. The Morgan fingerprint density at radius 2 is 1.91 bits per heavy atom. The molecule has 3 heterocycles. The quantitative estimate of drug-likeness (QED) is 0.481. The molecule has 7 nitrogen and oxygen atoms in total. The van der Waals surface area contributed by atoms with Crippen LogP contribution in [0.2, 0.25) is 0 Å². The van der Waals surface area contributed by atoms with Crippen molar-refractivity contribution in [2.75, 3.05) is 31.1 Å². The average molecular weight is 450 g/mol. The van der Waals surface area contributed by atoms with Gasteiger partial charge in [-0.05, 0) is 60.8 Å². The molecule has 0 bridgehead atoms. The zero-order chi connectivity index (χ0) is 22.4. The summed E-state index contributed by atoms with van der Waals surface area (Å²) >= 11 is 1.48. The van der Waals surface area contributed by atoms with Crippen LogP contribution in [0.1, 0.15) is 16.7 Å². The number of anilines is 1. The fourth-order valence-electron chi connectivity index (χ4n) is 4.39. The molecule has 1 aliphatic rings. The number of nitrogens with zero attached hydrogens (tertiary/aromatic N) is 3. The van der Waals surface area contributed by atoms with Gasteiger partial charge in [0, 0.05) is 31.6 Å². The molecular weight excluding hydrogens is 426 g/mol. The van der Waals surface area contributed by atoms with E-state index in [2.05, 4.69) is 21.4 Å². The number of aromatic hydroxyl groups is 1. The van der Waals surface area contributed by atoms with Gasteiger partial charge in [0.25, 0.3) is 0 Å². The van der Waals surface area contributed by atoms with Gasteiger partial charge in [-0.3, -0.25) is 4.79 Å². The number of hydrogen-bond acceptors (Lipinski definition) is 7. The van der Waals surface area contributed by atoms with Gasteiger partial charge in [-0.25, -0.2) is 4.79 Å². The van der Waals surface area contributed by atoms with Crippen LogP contribution < -0.4 is 10.5 Å². The van der Waals surface area contributed by atoms with Gasteiger partial charge < -0.3 is 19.3 Å². The largest absolute Gasteiger partial charge is 0.507 e. The summed E-state index contributed by atoms with van der Waals surface area (Å²) < 4.78 is 11.2. The van der Waals surface area contributed by atoms with Crippen molar-refractivity contribution < 1.29 is 14.3 Å². The molecule has 0 spiro atoms. The van der Waals surface area contributed by atoms with E-state index in [1.54, 1.807) is 24.0 Å². The topological polar surface area (TPSA) is 86.9 Å². The van der Waals surface area contributed by atoms with Crippen molar-refractivity contribution in [3.63, 3.8) is 0 Å². The minimum absolute atomic E-state index is 0.0446. The van der Waals surface area contributed by atoms with E-state index in [1.807, 2.05) is 19.1 Å². The van der Waals surface area contributed by atoms with Crippen molar-refractivity contribution >= 4 is 44.3 Å². The highest BCUT2D eigenvalue weighted by atomic mass is 32.1. The summed E-state index contributed by atoms with van der Waals surface area (Å²) in [7, 11) is 0. The van der Waals surface area contributed by atoms with Crippen molar-refractivity contribution in [1.29, 1.82) is 0 Å². The number of phenolic OH excluding ortho intramolecular Hbond substituents is 1. The molecule has 164 valence electrons. The molecule has 1 amide bonds. The number of rotatable bonds is 3. The van der Waals surface area contributed by atoms with Crippen molar-refractivity contribution in [2.24, 2.45) is 0 Å². The Morgan fingerprint density at radius 3 is 2.69 bits per heavy atom. The van der Waals surface area contributed by atoms with Gasteiger partial charge >= 0.3 is 5.63 Å². The lowest BCUT2D eigenvalue weighted by Gasteiger charge is -2.35. The fourth-order valence-corrected chi connectivity index (χ4v) is 5.19. The molecule has 2 aromatic carbocycles. The SMILES string of the molecule is Cc1cc(O)c2c(C)c(CC(=O)N3CCN(c4nsc5ccccc45)CC3)c(=O)oc2c1. The van der Waals surface area contributed by atoms with Crippen LogP contribution in [-0.4, -0.2) is 46.5 Å². The molecule has 8 heteroatoms. The third kappa shape index (κ3) is 3.50. The first-order valence-electron chi connectivity index (χ1n) is 10.6. The second-order valence-electron chi connectivity index (χ2n) is 8.20. The molecule has 0 unspecified atom stereocenters. The lowest BCUT2D eigenvalue weighted by atomic mass is 10.0. The zero-order valence-corrected chi connectivity index (χ0v) is 18.7. The Kier molecular flexibility index (Phi) is 5.09. The van der Waals surface area contributed by atoms with E-state index in [-0.39, 0.29) is 18.1 Å². The normalized spacial score (nSPS) is 14.4. The molecule has 32 heavy (non-hydrogen) atoms. The number of aromatic nitrogens is 1. The summed E-state index contributed by atoms with van der Waals surface area (Å²) in [6.45, 7) is 6.07. The lowest BCUT2D eigenvalue weighted by Crippen LogP contribution is -2.49. The van der Waals surface area contributed by atoms with Crippen LogP contribution in [0.5, 0.6) is 5.75 Å². The Labute approximate surface area is 188 Å². The van der Waals surface area contributed by atoms with E-state index in [4.69, 9.17) is 4.42 Å². The number of carbonyl (C=O) groups excluding carboxylic acids is 1. The maximum Gasteiger partial charge on any atom is 0.340 e. The molecule has 0 saturated carbocycles. The van der Waals surface area contributed by atoms with Crippen molar-refractivity contribution in [1.82, 2.24) is 9.27 Å². The zero-order valence-electron chi connectivity index (χ0n) is 17.9. The van der Waals surface area contributed by atoms with E-state index in [0.29, 0.717) is 48.3 Å². The molecule has 5 rings (SSSR count). The van der Waals surface area contributed by atoms with Crippen molar-refractivity contribution in [3.8, 4) is 5.75 Å². The number of benzene rings is 2. The van der Waals surface area contributed by atoms with Crippen LogP contribution >= 0.6 is 11.5 Å². The number of phenols is 1. The second-order valence-corrected chi connectivity index (χ2v) is 9.00. The number of aryl methyl sites for hydroxylation is 2. The highest BCUT2D eigenvalue weighted by molar-refractivity contribution is 7.13. The van der Waals surface area contributed by atoms with Crippen LogP contribution in [0.4, 0.5) is 5.82 Å². The highest BCUT2D eigenvalue weighted by Gasteiger charge is 2.25. The Bertz CT molecular complexity index is 1400. The van der Waals surface area contributed by atoms with E-state index in [0.717, 1.165) is 21.5 Å². The molecule has 4 aromatic rings. The Balaban J connectivity index is 1.33. The van der Waals surface area contributed by atoms with Gasteiger partial charge in [0.05, 0.1) is 22.1 Å². The van der Waals surface area contributed by atoms with Gasteiger partial charge in [-0.1, -0.05) is 12.1 Å². The molecule has 1 fully saturated rings. The summed E-state index contributed by atoms with van der Waals surface area (Å²) in [6.07, 6.45) is -0.0446. The van der Waals surface area contributed by atoms with Gasteiger partial charge in [0.2, 0.25) is 5.91 Å².